The van der Waals surface area contributed by atoms with Crippen LogP contribution in [-0.2, 0) is 22.6 Å². The molecule has 2 atom stereocenters. The molecule has 4 aliphatic rings. The predicted octanol–water partition coefficient (Wildman–Crippen LogP) is 3.69. The Morgan fingerprint density at radius 1 is 0.885 bits per heavy atom. The zero-order chi connectivity index (χ0) is 42.2. The number of carbonyl (C=O) groups is 4. The number of unbranched alkanes of at least 4 members (excludes halogenated alkanes) is 2. The summed E-state index contributed by atoms with van der Waals surface area (Å²) in [6.45, 7) is 9.42. The van der Waals surface area contributed by atoms with Gasteiger partial charge in [0, 0.05) is 62.4 Å². The Labute approximate surface area is 351 Å². The lowest BCUT2D eigenvalue weighted by Crippen LogP contribution is -2.54. The minimum Gasteiger partial charge on any atom is -0.387 e. The standard InChI is InChI=1S/C44H47N11O6/c1-2-20-53-41(59)31-26-46-44(50-39(31)55(53)35-17-10-27-9-16-34(56)38(27)48-35)47-28-11-13-29(14-12-28)52-24-22-51(23-25-52)21-5-3-4-19-45-32-8-6-7-30-37(32)43(61)54(42(30)60)33-15-18-36(57)49-40(33)58/h2,6-8,10-14,17,26,33-34,45,56H,1,3-5,9,15-16,18-25H2,(H,46,47,50)(H,49,57,58). The molecule has 4 amide bonds. The van der Waals surface area contributed by atoms with Gasteiger partial charge in [-0.2, -0.15) is 4.98 Å². The Morgan fingerprint density at radius 2 is 1.70 bits per heavy atom. The van der Waals surface area contributed by atoms with Crippen LogP contribution >= 0.6 is 0 Å². The van der Waals surface area contributed by atoms with Crippen molar-refractivity contribution in [3.63, 3.8) is 0 Å². The summed E-state index contributed by atoms with van der Waals surface area (Å²) in [5.41, 5.74) is 4.85. The van der Waals surface area contributed by atoms with Gasteiger partial charge in [-0.3, -0.25) is 39.1 Å². The second-order valence-corrected chi connectivity index (χ2v) is 15.9. The van der Waals surface area contributed by atoms with Gasteiger partial charge >= 0.3 is 0 Å². The van der Waals surface area contributed by atoms with Gasteiger partial charge in [0.15, 0.2) is 11.5 Å². The number of rotatable bonds is 14. The number of aryl methyl sites for hydroxylation is 1. The van der Waals surface area contributed by atoms with E-state index in [1.807, 2.05) is 24.3 Å². The highest BCUT2D eigenvalue weighted by Gasteiger charge is 2.45. The first-order valence-electron chi connectivity index (χ1n) is 20.9. The van der Waals surface area contributed by atoms with Gasteiger partial charge in [0.05, 0.1) is 29.5 Å². The van der Waals surface area contributed by atoms with Gasteiger partial charge in [-0.15, -0.1) is 6.58 Å². The number of aliphatic hydroxyl groups excluding tert-OH is 1. The number of pyridine rings is 1. The number of piperazine rings is 1. The summed E-state index contributed by atoms with van der Waals surface area (Å²) in [6, 6.07) is 16.1. The lowest BCUT2D eigenvalue weighted by molar-refractivity contribution is -0.136. The summed E-state index contributed by atoms with van der Waals surface area (Å²) in [5, 5.41) is 19.7. The normalized spacial score (nSPS) is 19.0. The van der Waals surface area contributed by atoms with E-state index >= 15 is 0 Å². The Kier molecular flexibility index (Phi) is 10.9. The average molecular weight is 826 g/mol. The van der Waals surface area contributed by atoms with E-state index in [4.69, 9.17) is 9.97 Å². The van der Waals surface area contributed by atoms with Crippen LogP contribution in [-0.4, -0.2) is 108 Å². The number of amides is 4. The maximum absolute atomic E-state index is 13.4. The van der Waals surface area contributed by atoms with Crippen LogP contribution in [0.2, 0.25) is 0 Å². The summed E-state index contributed by atoms with van der Waals surface area (Å²) < 4.78 is 3.19. The second kappa shape index (κ2) is 16.7. The molecule has 2 fully saturated rings. The topological polar surface area (TPSA) is 200 Å². The molecule has 0 bridgehead atoms. The number of hydrogen-bond donors (Lipinski definition) is 4. The molecule has 61 heavy (non-hydrogen) atoms. The summed E-state index contributed by atoms with van der Waals surface area (Å²) in [4.78, 5) is 83.8. The quantitative estimate of drug-likeness (QED) is 0.0719. The number of nitrogens with one attached hydrogen (secondary N) is 3. The SMILES string of the molecule is C=CCn1c(=O)c2cnc(Nc3ccc(N4CCN(CCCCCNc5cccc6c5C(=O)N(C5CCC(=O)NC5=O)C6=O)CC4)cc3)nc2n1-c1ccc2c(n1)C(O)CC2. The van der Waals surface area contributed by atoms with E-state index in [9.17, 15) is 29.1 Å². The predicted molar refractivity (Wildman–Crippen MR) is 228 cm³/mol. The van der Waals surface area contributed by atoms with E-state index in [-0.39, 0.29) is 36.1 Å². The lowest BCUT2D eigenvalue weighted by atomic mass is 10.0. The van der Waals surface area contributed by atoms with E-state index in [0.29, 0.717) is 47.1 Å². The van der Waals surface area contributed by atoms with Crippen molar-refractivity contribution in [2.24, 2.45) is 0 Å². The van der Waals surface area contributed by atoms with Gasteiger partial charge in [0.25, 0.3) is 17.4 Å². The minimum absolute atomic E-state index is 0.0814. The molecule has 0 saturated carbocycles. The van der Waals surface area contributed by atoms with Crippen LogP contribution in [0.3, 0.4) is 0 Å². The van der Waals surface area contributed by atoms with E-state index in [0.717, 1.165) is 80.2 Å². The molecule has 2 aromatic carbocycles. The number of benzene rings is 2. The van der Waals surface area contributed by atoms with E-state index in [2.05, 4.69) is 49.4 Å². The summed E-state index contributed by atoms with van der Waals surface area (Å²) in [7, 11) is 0. The maximum Gasteiger partial charge on any atom is 0.278 e. The molecule has 17 heteroatoms. The van der Waals surface area contributed by atoms with Crippen LogP contribution < -0.4 is 26.4 Å². The molecule has 1 aliphatic carbocycles. The molecule has 0 spiro atoms. The van der Waals surface area contributed by atoms with Crippen LogP contribution in [0.15, 0.2) is 78.2 Å². The number of aromatic nitrogens is 5. The van der Waals surface area contributed by atoms with Crippen LogP contribution in [0, 0.1) is 0 Å². The number of hydrogen-bond acceptors (Lipinski definition) is 13. The van der Waals surface area contributed by atoms with E-state index < -0.39 is 35.8 Å². The fourth-order valence-electron chi connectivity index (χ4n) is 8.79. The Hall–Kier alpha value is -6.72. The highest BCUT2D eigenvalue weighted by molar-refractivity contribution is 6.25. The molecule has 4 N–H and O–H groups in total. The molecule has 314 valence electrons. The number of allylic oxidation sites excluding steroid dienone is 1. The number of imide groups is 2. The summed E-state index contributed by atoms with van der Waals surface area (Å²) >= 11 is 0. The first-order chi connectivity index (χ1) is 29.7. The summed E-state index contributed by atoms with van der Waals surface area (Å²) in [6.07, 6.45) is 7.05. The second-order valence-electron chi connectivity index (χ2n) is 15.9. The van der Waals surface area contributed by atoms with Crippen molar-refractivity contribution in [2.45, 2.75) is 63.6 Å². The molecule has 3 aromatic heterocycles. The van der Waals surface area contributed by atoms with Gasteiger partial charge < -0.3 is 20.6 Å². The molecule has 5 aromatic rings. The Balaban J connectivity index is 0.748. The van der Waals surface area contributed by atoms with Crippen molar-refractivity contribution in [2.75, 3.05) is 54.8 Å². The number of aliphatic hydroxyl groups is 1. The highest BCUT2D eigenvalue weighted by atomic mass is 16.3. The van der Waals surface area contributed by atoms with Gasteiger partial charge in [-0.05, 0) is 86.7 Å². The molecule has 2 saturated heterocycles. The number of carbonyl (C=O) groups excluding carboxylic acids is 4. The van der Waals surface area contributed by atoms with Gasteiger partial charge in [0.2, 0.25) is 17.8 Å². The first-order valence-corrected chi connectivity index (χ1v) is 20.9. The number of nitrogens with zero attached hydrogens (tertiary/aromatic N) is 8. The molecule has 17 nitrogen and oxygen atoms in total. The first kappa shape index (κ1) is 39.7. The zero-order valence-corrected chi connectivity index (χ0v) is 33.7. The van der Waals surface area contributed by atoms with Crippen molar-refractivity contribution in [3.8, 4) is 5.82 Å². The molecular formula is C44H47N11O6. The van der Waals surface area contributed by atoms with Crippen LogP contribution in [0.25, 0.3) is 16.9 Å². The van der Waals surface area contributed by atoms with Crippen LogP contribution in [0.1, 0.15) is 76.6 Å². The van der Waals surface area contributed by atoms with E-state index in [1.165, 1.54) is 10.9 Å². The fourth-order valence-corrected chi connectivity index (χ4v) is 8.79. The third kappa shape index (κ3) is 7.66. The zero-order valence-electron chi connectivity index (χ0n) is 33.7. The van der Waals surface area contributed by atoms with Crippen LogP contribution in [0.4, 0.5) is 23.0 Å². The number of piperidine rings is 1. The lowest BCUT2D eigenvalue weighted by Gasteiger charge is -2.36. The van der Waals surface area contributed by atoms with Crippen molar-refractivity contribution < 1.29 is 24.3 Å². The highest BCUT2D eigenvalue weighted by Crippen LogP contribution is 2.33. The van der Waals surface area contributed by atoms with Crippen LogP contribution in [0.5, 0.6) is 0 Å². The largest absolute Gasteiger partial charge is 0.387 e. The third-order valence-electron chi connectivity index (χ3n) is 12.0. The molecular weight excluding hydrogens is 779 g/mol. The van der Waals surface area contributed by atoms with E-state index in [1.54, 1.807) is 29.0 Å². The van der Waals surface area contributed by atoms with Gasteiger partial charge in [0.1, 0.15) is 11.4 Å². The smallest absolute Gasteiger partial charge is 0.278 e. The fraction of sp³-hybridized carbons (Fsp3) is 0.364. The molecule has 0 radical (unpaired) electrons. The van der Waals surface area contributed by atoms with Crippen molar-refractivity contribution >= 4 is 57.7 Å². The maximum atomic E-state index is 13.4. The van der Waals surface area contributed by atoms with Crippen molar-refractivity contribution in [1.29, 1.82) is 0 Å². The van der Waals surface area contributed by atoms with Gasteiger partial charge in [-0.25, -0.2) is 19.3 Å². The summed E-state index contributed by atoms with van der Waals surface area (Å²) in [5.74, 6) is -1.21. The number of fused-ring (bicyclic) bond motifs is 3. The van der Waals surface area contributed by atoms with Crippen molar-refractivity contribution in [3.05, 3.63) is 106 Å². The minimum atomic E-state index is -0.990. The molecule has 6 heterocycles. The molecule has 9 rings (SSSR count). The Bertz CT molecular complexity index is 2610. The Morgan fingerprint density at radius 3 is 2.49 bits per heavy atom. The average Bonchev–Trinajstić information content (AvgIpc) is 3.86. The number of anilines is 4. The van der Waals surface area contributed by atoms with Gasteiger partial charge in [-0.1, -0.05) is 24.6 Å². The molecule has 3 aliphatic heterocycles. The van der Waals surface area contributed by atoms with Crippen molar-refractivity contribution in [1.82, 2.24) is 39.4 Å². The third-order valence-corrected chi connectivity index (χ3v) is 12.0. The molecule has 2 unspecified atom stereocenters. The monoisotopic (exact) mass is 825 g/mol.